The number of hydrogen-bond acceptors (Lipinski definition) is 3. The van der Waals surface area contributed by atoms with Gasteiger partial charge in [0, 0.05) is 5.02 Å². The number of aliphatic carboxylic acids is 1. The number of aryl methyl sites for hydroxylation is 1. The second kappa shape index (κ2) is 5.50. The van der Waals surface area contributed by atoms with Gasteiger partial charge in [-0.2, -0.15) is 0 Å². The van der Waals surface area contributed by atoms with Crippen LogP contribution in [0.2, 0.25) is 5.02 Å². The van der Waals surface area contributed by atoms with Gasteiger partial charge in [0.15, 0.2) is 0 Å². The fourth-order valence-corrected chi connectivity index (χ4v) is 2.92. The molecule has 0 saturated carbocycles. The van der Waals surface area contributed by atoms with Gasteiger partial charge in [-0.25, -0.2) is 0 Å². The second-order valence-corrected chi connectivity index (χ2v) is 8.11. The Morgan fingerprint density at radius 3 is 2.09 bits per heavy atom. The summed E-state index contributed by atoms with van der Waals surface area (Å²) in [5.74, 6) is -0.915. The minimum Gasteiger partial charge on any atom is -0.481 e. The zero-order chi connectivity index (χ0) is 17.8. The summed E-state index contributed by atoms with van der Waals surface area (Å²) < 4.78 is 12.1. The fourth-order valence-electron chi connectivity index (χ4n) is 2.52. The third-order valence-electron chi connectivity index (χ3n) is 5.07. The highest BCUT2D eigenvalue weighted by Gasteiger charge is 2.52. The van der Waals surface area contributed by atoms with Gasteiger partial charge in [-0.15, -0.1) is 0 Å². The van der Waals surface area contributed by atoms with E-state index in [0.29, 0.717) is 10.6 Å². The topological polar surface area (TPSA) is 55.8 Å². The van der Waals surface area contributed by atoms with E-state index in [2.05, 4.69) is 0 Å². The smallest absolute Gasteiger partial charge is 0.481 e. The van der Waals surface area contributed by atoms with E-state index in [9.17, 15) is 9.90 Å². The number of halogens is 1. The summed E-state index contributed by atoms with van der Waals surface area (Å²) in [6.45, 7) is 13.2. The molecular formula is C17H24BClO4. The molecule has 1 aliphatic rings. The molecule has 0 amide bonds. The number of rotatable bonds is 3. The Bertz CT molecular complexity index is 636. The average Bonchev–Trinajstić information content (AvgIpc) is 2.60. The monoisotopic (exact) mass is 338 g/mol. The van der Waals surface area contributed by atoms with Crippen molar-refractivity contribution in [1.82, 2.24) is 0 Å². The number of carbonyl (C=O) groups is 1. The minimum atomic E-state index is -1.06. The number of carboxylic acid groups (broad SMARTS) is 1. The summed E-state index contributed by atoms with van der Waals surface area (Å²) in [4.78, 5) is 11.5. The third-order valence-corrected chi connectivity index (χ3v) is 5.38. The lowest BCUT2D eigenvalue weighted by molar-refractivity contribution is -0.142. The molecule has 126 valence electrons. The van der Waals surface area contributed by atoms with Gasteiger partial charge in [0.05, 0.1) is 16.6 Å². The Kier molecular flexibility index (Phi) is 4.38. The molecule has 0 radical (unpaired) electrons. The lowest BCUT2D eigenvalue weighted by atomic mass is 9.73. The van der Waals surface area contributed by atoms with Gasteiger partial charge < -0.3 is 14.4 Å². The van der Waals surface area contributed by atoms with Crippen LogP contribution in [0.3, 0.4) is 0 Å². The van der Waals surface area contributed by atoms with E-state index in [4.69, 9.17) is 20.9 Å². The van der Waals surface area contributed by atoms with Crippen LogP contribution in [-0.4, -0.2) is 29.4 Å². The number of carboxylic acids is 1. The third kappa shape index (κ3) is 3.02. The van der Waals surface area contributed by atoms with Gasteiger partial charge in [0.1, 0.15) is 0 Å². The van der Waals surface area contributed by atoms with Crippen molar-refractivity contribution in [3.63, 3.8) is 0 Å². The van der Waals surface area contributed by atoms with Crippen molar-refractivity contribution in [1.29, 1.82) is 0 Å². The number of hydrogen-bond donors (Lipinski definition) is 1. The predicted molar refractivity (Wildman–Crippen MR) is 92.6 cm³/mol. The van der Waals surface area contributed by atoms with Gasteiger partial charge >= 0.3 is 13.1 Å². The number of benzene rings is 1. The maximum Gasteiger partial charge on any atom is 0.495 e. The highest BCUT2D eigenvalue weighted by atomic mass is 35.5. The molecule has 1 saturated heterocycles. The van der Waals surface area contributed by atoms with Crippen molar-refractivity contribution in [3.8, 4) is 0 Å². The Hall–Kier alpha value is -1.04. The molecule has 6 heteroatoms. The molecule has 0 atom stereocenters. The highest BCUT2D eigenvalue weighted by molar-refractivity contribution is 6.63. The van der Waals surface area contributed by atoms with Gasteiger partial charge in [0.2, 0.25) is 0 Å². The van der Waals surface area contributed by atoms with Crippen LogP contribution in [0, 0.1) is 6.92 Å². The maximum absolute atomic E-state index is 11.5. The van der Waals surface area contributed by atoms with Crippen LogP contribution in [-0.2, 0) is 19.5 Å². The Labute approximate surface area is 143 Å². The zero-order valence-corrected chi connectivity index (χ0v) is 15.5. The molecule has 0 unspecified atom stereocenters. The molecule has 1 N–H and O–H groups in total. The van der Waals surface area contributed by atoms with Gasteiger partial charge in [-0.1, -0.05) is 23.2 Å². The predicted octanol–water partition coefficient (Wildman–Crippen LogP) is 3.31. The molecular weight excluding hydrogens is 314 g/mol. The summed E-state index contributed by atoms with van der Waals surface area (Å²) in [5, 5.41) is 9.83. The van der Waals surface area contributed by atoms with Crippen LogP contribution < -0.4 is 5.46 Å². The molecule has 1 aliphatic heterocycles. The van der Waals surface area contributed by atoms with E-state index in [1.54, 1.807) is 19.9 Å². The summed E-state index contributed by atoms with van der Waals surface area (Å²) >= 11 is 6.38. The summed E-state index contributed by atoms with van der Waals surface area (Å²) in [6, 6.07) is 3.58. The summed E-state index contributed by atoms with van der Waals surface area (Å²) in [7, 11) is -0.514. The second-order valence-electron chi connectivity index (χ2n) is 7.71. The van der Waals surface area contributed by atoms with Crippen LogP contribution in [0.1, 0.15) is 52.7 Å². The SMILES string of the molecule is Cc1cc(C(C)(C)C(=O)O)c(Cl)cc1B1OC(C)(C)C(C)(C)O1. The van der Waals surface area contributed by atoms with Crippen molar-refractivity contribution < 1.29 is 19.2 Å². The van der Waals surface area contributed by atoms with Crippen molar-refractivity contribution in [3.05, 3.63) is 28.3 Å². The first kappa shape index (κ1) is 18.3. The highest BCUT2D eigenvalue weighted by Crippen LogP contribution is 2.37. The van der Waals surface area contributed by atoms with Crippen molar-refractivity contribution >= 4 is 30.2 Å². The molecule has 23 heavy (non-hydrogen) atoms. The maximum atomic E-state index is 11.5. The van der Waals surface area contributed by atoms with Gasteiger partial charge in [0.25, 0.3) is 0 Å². The normalized spacial score (nSPS) is 19.9. The van der Waals surface area contributed by atoms with Crippen molar-refractivity contribution in [2.45, 2.75) is 65.1 Å². The lowest BCUT2D eigenvalue weighted by Crippen LogP contribution is -2.41. The largest absolute Gasteiger partial charge is 0.495 e. The first-order chi connectivity index (χ1) is 10.3. The van der Waals surface area contributed by atoms with Crippen LogP contribution >= 0.6 is 11.6 Å². The zero-order valence-electron chi connectivity index (χ0n) is 14.8. The average molecular weight is 339 g/mol. The fraction of sp³-hybridized carbons (Fsp3) is 0.588. The van der Waals surface area contributed by atoms with Crippen molar-refractivity contribution in [2.24, 2.45) is 0 Å². The molecule has 2 rings (SSSR count). The van der Waals surface area contributed by atoms with E-state index in [-0.39, 0.29) is 0 Å². The summed E-state index contributed by atoms with van der Waals surface area (Å²) in [5.41, 5.74) is 0.391. The lowest BCUT2D eigenvalue weighted by Gasteiger charge is -2.32. The van der Waals surface area contributed by atoms with Crippen LogP contribution in [0.25, 0.3) is 0 Å². The van der Waals surface area contributed by atoms with Gasteiger partial charge in [-0.3, -0.25) is 4.79 Å². The van der Waals surface area contributed by atoms with Crippen LogP contribution in [0.15, 0.2) is 12.1 Å². The van der Waals surface area contributed by atoms with E-state index in [1.165, 1.54) is 0 Å². The molecule has 1 fully saturated rings. The molecule has 0 aromatic heterocycles. The van der Waals surface area contributed by atoms with E-state index < -0.39 is 29.7 Å². The first-order valence-electron chi connectivity index (χ1n) is 7.69. The van der Waals surface area contributed by atoms with E-state index >= 15 is 0 Å². The van der Waals surface area contributed by atoms with Crippen LogP contribution in [0.5, 0.6) is 0 Å². The molecule has 1 heterocycles. The first-order valence-corrected chi connectivity index (χ1v) is 8.07. The quantitative estimate of drug-likeness (QED) is 0.859. The van der Waals surface area contributed by atoms with Crippen molar-refractivity contribution in [2.75, 3.05) is 0 Å². The summed E-state index contributed by atoms with van der Waals surface area (Å²) in [6.07, 6.45) is 0. The molecule has 1 aromatic carbocycles. The molecule has 1 aromatic rings. The molecule has 4 nitrogen and oxygen atoms in total. The Morgan fingerprint density at radius 1 is 1.17 bits per heavy atom. The minimum absolute atomic E-state index is 0.410. The molecule has 0 aliphatic carbocycles. The van der Waals surface area contributed by atoms with Gasteiger partial charge in [-0.05, 0) is 65.6 Å². The molecule has 0 spiro atoms. The van der Waals surface area contributed by atoms with Crippen LogP contribution in [0.4, 0.5) is 0 Å². The standard InChI is InChI=1S/C17H24BClO4/c1-10-8-11(15(2,3)14(20)21)13(19)9-12(10)18-22-16(4,5)17(6,7)23-18/h8-9H,1-7H3,(H,20,21). The molecule has 0 bridgehead atoms. The Morgan fingerprint density at radius 2 is 1.65 bits per heavy atom. The Balaban J connectivity index is 2.45. The van der Waals surface area contributed by atoms with E-state index in [0.717, 1.165) is 11.0 Å². The van der Waals surface area contributed by atoms with E-state index in [1.807, 2.05) is 40.7 Å².